The van der Waals surface area contributed by atoms with Crippen LogP contribution in [0.25, 0.3) is 0 Å². The third-order valence-corrected chi connectivity index (χ3v) is 4.61. The highest BCUT2D eigenvalue weighted by Gasteiger charge is 2.24. The van der Waals surface area contributed by atoms with Crippen molar-refractivity contribution in [3.8, 4) is 0 Å². The van der Waals surface area contributed by atoms with E-state index in [1.165, 1.54) is 11.6 Å². The lowest BCUT2D eigenvalue weighted by Crippen LogP contribution is -2.44. The summed E-state index contributed by atoms with van der Waals surface area (Å²) in [7, 11) is 1.37. The van der Waals surface area contributed by atoms with Gasteiger partial charge in [-0.3, -0.25) is 23.6 Å². The fourth-order valence-electron chi connectivity index (χ4n) is 3.19. The number of ketones is 1. The molecular weight excluding hydrogens is 320 g/mol. The molecule has 1 aliphatic heterocycles. The molecule has 2 aromatic rings. The van der Waals surface area contributed by atoms with Crippen molar-refractivity contribution >= 4 is 11.6 Å². The van der Waals surface area contributed by atoms with E-state index < -0.39 is 11.2 Å². The van der Waals surface area contributed by atoms with Gasteiger partial charge in [-0.1, -0.05) is 30.3 Å². The molecule has 0 aliphatic carbocycles. The number of carbonyl (C=O) groups excluding carboxylic acids is 1. The smallest absolute Gasteiger partial charge is 0.332 e. The Labute approximate surface area is 145 Å². The van der Waals surface area contributed by atoms with E-state index >= 15 is 0 Å². The van der Waals surface area contributed by atoms with Gasteiger partial charge in [0.05, 0.1) is 13.1 Å². The fraction of sp³-hybridized carbons (Fsp3) is 0.389. The number of carbonyl (C=O) groups is 1. The van der Waals surface area contributed by atoms with E-state index in [4.69, 9.17) is 5.73 Å². The summed E-state index contributed by atoms with van der Waals surface area (Å²) >= 11 is 0. The van der Waals surface area contributed by atoms with Gasteiger partial charge in [-0.15, -0.1) is 0 Å². The Kier molecular flexibility index (Phi) is 4.85. The summed E-state index contributed by atoms with van der Waals surface area (Å²) in [5, 5.41) is 0. The first kappa shape index (κ1) is 17.2. The Bertz CT molecular complexity index is 893. The number of hydrogen-bond donors (Lipinski definition) is 1. The van der Waals surface area contributed by atoms with Crippen LogP contribution in [0, 0.1) is 0 Å². The van der Waals surface area contributed by atoms with E-state index in [-0.39, 0.29) is 30.3 Å². The van der Waals surface area contributed by atoms with Crippen LogP contribution in [-0.2, 0) is 13.6 Å². The summed E-state index contributed by atoms with van der Waals surface area (Å²) in [5.74, 6) is -0.386. The molecule has 0 bridgehead atoms. The molecule has 1 saturated heterocycles. The van der Waals surface area contributed by atoms with Crippen LogP contribution in [0.5, 0.6) is 0 Å². The molecule has 0 atom stereocenters. The number of anilines is 1. The summed E-state index contributed by atoms with van der Waals surface area (Å²) in [5.41, 5.74) is 5.71. The molecule has 3 rings (SSSR count). The number of Topliss-reactive ketones (excluding diaryl/α,β-unsaturated/α-hetero) is 1. The monoisotopic (exact) mass is 342 g/mol. The molecule has 0 unspecified atom stereocenters. The second-order valence-corrected chi connectivity index (χ2v) is 6.39. The molecule has 1 aliphatic rings. The molecule has 0 spiro atoms. The maximum atomic E-state index is 12.7. The Morgan fingerprint density at radius 1 is 1.12 bits per heavy atom. The van der Waals surface area contributed by atoms with Crippen molar-refractivity contribution in [1.29, 1.82) is 0 Å². The van der Waals surface area contributed by atoms with Gasteiger partial charge in [-0.25, -0.2) is 4.79 Å². The van der Waals surface area contributed by atoms with E-state index in [2.05, 4.69) is 0 Å². The normalized spacial score (nSPS) is 14.8. The van der Waals surface area contributed by atoms with E-state index in [1.54, 1.807) is 0 Å². The Morgan fingerprint density at radius 2 is 1.76 bits per heavy atom. The lowest BCUT2D eigenvalue weighted by molar-refractivity contribution is 0.0943. The summed E-state index contributed by atoms with van der Waals surface area (Å²) in [6.45, 7) is 2.05. The standard InChI is InChI=1S/C18H22N4O3/c1-20-17(24)15(14(23)12-21-9-5-6-10-21)16(19)22(18(20)25)11-13-7-3-2-4-8-13/h2-4,7-8H,5-6,9-12,19H2,1H3. The Hall–Kier alpha value is -2.67. The molecule has 1 fully saturated rings. The summed E-state index contributed by atoms with van der Waals surface area (Å²) < 4.78 is 2.24. The minimum absolute atomic E-state index is 0.0545. The van der Waals surface area contributed by atoms with Crippen LogP contribution in [0.1, 0.15) is 28.8 Å². The van der Waals surface area contributed by atoms with Gasteiger partial charge in [0.25, 0.3) is 5.56 Å². The van der Waals surface area contributed by atoms with Gasteiger partial charge in [-0.2, -0.15) is 0 Å². The molecule has 1 aromatic carbocycles. The first-order valence-corrected chi connectivity index (χ1v) is 8.38. The molecule has 7 nitrogen and oxygen atoms in total. The third kappa shape index (κ3) is 3.41. The zero-order valence-corrected chi connectivity index (χ0v) is 14.3. The number of nitrogen functional groups attached to an aromatic ring is 1. The van der Waals surface area contributed by atoms with Crippen molar-refractivity contribution in [3.05, 3.63) is 62.3 Å². The molecule has 0 amide bonds. The van der Waals surface area contributed by atoms with Gasteiger partial charge >= 0.3 is 5.69 Å². The minimum Gasteiger partial charge on any atom is -0.384 e. The summed E-state index contributed by atoms with van der Waals surface area (Å²) in [4.78, 5) is 39.6. The Morgan fingerprint density at radius 3 is 2.40 bits per heavy atom. The molecule has 2 N–H and O–H groups in total. The van der Waals surface area contributed by atoms with Crippen LogP contribution >= 0.6 is 0 Å². The lowest BCUT2D eigenvalue weighted by Gasteiger charge is -2.17. The number of aromatic nitrogens is 2. The van der Waals surface area contributed by atoms with Crippen LogP contribution in [0.2, 0.25) is 0 Å². The Balaban J connectivity index is 2.02. The van der Waals surface area contributed by atoms with Gasteiger partial charge in [0.1, 0.15) is 11.4 Å². The predicted octanol–water partition coefficient (Wildman–Crippen LogP) is 0.456. The number of hydrogen-bond acceptors (Lipinski definition) is 5. The van der Waals surface area contributed by atoms with Crippen molar-refractivity contribution in [1.82, 2.24) is 14.0 Å². The maximum Gasteiger partial charge on any atom is 0.332 e. The molecule has 132 valence electrons. The highest BCUT2D eigenvalue weighted by atomic mass is 16.2. The van der Waals surface area contributed by atoms with Gasteiger partial charge in [-0.05, 0) is 31.5 Å². The van der Waals surface area contributed by atoms with E-state index in [1.807, 2.05) is 35.2 Å². The van der Waals surface area contributed by atoms with Crippen molar-refractivity contribution in [2.75, 3.05) is 25.4 Å². The van der Waals surface area contributed by atoms with Crippen molar-refractivity contribution in [3.63, 3.8) is 0 Å². The van der Waals surface area contributed by atoms with Gasteiger partial charge in [0.15, 0.2) is 5.78 Å². The second-order valence-electron chi connectivity index (χ2n) is 6.39. The largest absolute Gasteiger partial charge is 0.384 e. The summed E-state index contributed by atoms with van der Waals surface area (Å²) in [6, 6.07) is 9.32. The quantitative estimate of drug-likeness (QED) is 0.797. The number of benzene rings is 1. The third-order valence-electron chi connectivity index (χ3n) is 4.61. The van der Waals surface area contributed by atoms with Crippen molar-refractivity contribution < 1.29 is 4.79 Å². The first-order valence-electron chi connectivity index (χ1n) is 8.38. The molecule has 0 radical (unpaired) electrons. The van der Waals surface area contributed by atoms with Crippen LogP contribution in [0.4, 0.5) is 5.82 Å². The van der Waals surface area contributed by atoms with Crippen LogP contribution in [0.15, 0.2) is 39.9 Å². The van der Waals surface area contributed by atoms with Crippen molar-refractivity contribution in [2.45, 2.75) is 19.4 Å². The van der Waals surface area contributed by atoms with E-state index in [0.29, 0.717) is 0 Å². The zero-order chi connectivity index (χ0) is 18.0. The second kappa shape index (κ2) is 7.06. The fourth-order valence-corrected chi connectivity index (χ4v) is 3.19. The zero-order valence-electron chi connectivity index (χ0n) is 14.3. The van der Waals surface area contributed by atoms with E-state index in [0.717, 1.165) is 36.1 Å². The molecular formula is C18H22N4O3. The molecule has 7 heteroatoms. The van der Waals surface area contributed by atoms with Gasteiger partial charge in [0.2, 0.25) is 0 Å². The average molecular weight is 342 g/mol. The van der Waals surface area contributed by atoms with Crippen LogP contribution in [-0.4, -0.2) is 39.5 Å². The van der Waals surface area contributed by atoms with Gasteiger partial charge in [0, 0.05) is 7.05 Å². The van der Waals surface area contributed by atoms with Crippen LogP contribution in [0.3, 0.4) is 0 Å². The van der Waals surface area contributed by atoms with Crippen LogP contribution < -0.4 is 17.0 Å². The van der Waals surface area contributed by atoms with Crippen molar-refractivity contribution in [2.24, 2.45) is 7.05 Å². The minimum atomic E-state index is -0.629. The molecule has 25 heavy (non-hydrogen) atoms. The first-order chi connectivity index (χ1) is 12.0. The van der Waals surface area contributed by atoms with E-state index in [9.17, 15) is 14.4 Å². The highest BCUT2D eigenvalue weighted by molar-refractivity contribution is 6.01. The SMILES string of the molecule is Cn1c(=O)c(C(=O)CN2CCCC2)c(N)n(Cc2ccccc2)c1=O. The number of likely N-dealkylation sites (tertiary alicyclic amines) is 1. The molecule has 0 saturated carbocycles. The number of nitrogens with zero attached hydrogens (tertiary/aromatic N) is 3. The predicted molar refractivity (Wildman–Crippen MR) is 95.9 cm³/mol. The number of nitrogens with two attached hydrogens (primary N) is 1. The topological polar surface area (TPSA) is 90.3 Å². The highest BCUT2D eigenvalue weighted by Crippen LogP contribution is 2.12. The molecule has 2 heterocycles. The maximum absolute atomic E-state index is 12.7. The summed E-state index contributed by atoms with van der Waals surface area (Å²) in [6.07, 6.45) is 2.10. The lowest BCUT2D eigenvalue weighted by atomic mass is 10.1. The molecule has 1 aromatic heterocycles. The number of rotatable bonds is 5. The average Bonchev–Trinajstić information content (AvgIpc) is 3.11. The van der Waals surface area contributed by atoms with Gasteiger partial charge < -0.3 is 5.73 Å².